The summed E-state index contributed by atoms with van der Waals surface area (Å²) in [6, 6.07) is 7.80. The van der Waals surface area contributed by atoms with Gasteiger partial charge in [-0.15, -0.1) is 0 Å². The van der Waals surface area contributed by atoms with E-state index in [0.717, 1.165) is 0 Å². The van der Waals surface area contributed by atoms with E-state index >= 15 is 0 Å². The quantitative estimate of drug-likeness (QED) is 0.598. The van der Waals surface area contributed by atoms with Crippen LogP contribution in [0.1, 0.15) is 36.8 Å². The monoisotopic (exact) mass is 440 g/mol. The fraction of sp³-hybridized carbons (Fsp3) is 0.391. The molecule has 1 aliphatic rings. The fourth-order valence-corrected chi connectivity index (χ4v) is 3.66. The summed E-state index contributed by atoms with van der Waals surface area (Å²) in [5, 5.41) is 4.44. The highest BCUT2D eigenvalue weighted by Crippen LogP contribution is 2.29. The number of halogens is 1. The van der Waals surface area contributed by atoms with Gasteiger partial charge in [0.05, 0.1) is 22.3 Å². The molecule has 4 rings (SSSR count). The predicted molar refractivity (Wildman–Crippen MR) is 116 cm³/mol. The van der Waals surface area contributed by atoms with Gasteiger partial charge in [-0.05, 0) is 45.9 Å². The van der Waals surface area contributed by atoms with E-state index in [4.69, 9.17) is 9.26 Å². The molecule has 0 aliphatic carbocycles. The van der Waals surface area contributed by atoms with Gasteiger partial charge in [-0.1, -0.05) is 17.3 Å². The van der Waals surface area contributed by atoms with Crippen molar-refractivity contribution in [3.63, 3.8) is 0 Å². The number of carbonyl (C=O) groups excluding carboxylic acids is 2. The lowest BCUT2D eigenvalue weighted by Gasteiger charge is -2.35. The third-order valence-electron chi connectivity index (χ3n) is 5.22. The topological polar surface area (TPSA) is 88.8 Å². The van der Waals surface area contributed by atoms with Crippen LogP contribution >= 0.6 is 0 Å². The number of aromatic nitrogens is 2. The molecular weight excluding hydrogens is 415 g/mol. The van der Waals surface area contributed by atoms with E-state index in [-0.39, 0.29) is 17.2 Å². The first-order valence-corrected chi connectivity index (χ1v) is 10.4. The maximum Gasteiger partial charge on any atom is 0.410 e. The highest BCUT2D eigenvalue weighted by Gasteiger charge is 2.30. The highest BCUT2D eigenvalue weighted by atomic mass is 19.1. The number of nitrogens with zero attached hydrogens (tertiary/aromatic N) is 4. The third-order valence-corrected chi connectivity index (χ3v) is 5.22. The van der Waals surface area contributed by atoms with Gasteiger partial charge in [0.1, 0.15) is 11.4 Å². The van der Waals surface area contributed by atoms with Crippen LogP contribution < -0.4 is 0 Å². The number of fused-ring (bicyclic) bond motifs is 1. The molecular formula is C23H25FN4O4. The Morgan fingerprint density at radius 2 is 1.75 bits per heavy atom. The number of amides is 2. The normalized spacial score (nSPS) is 14.7. The molecule has 1 fully saturated rings. The zero-order valence-electron chi connectivity index (χ0n) is 18.5. The first kappa shape index (κ1) is 21.7. The summed E-state index contributed by atoms with van der Waals surface area (Å²) < 4.78 is 25.1. The van der Waals surface area contributed by atoms with Crippen LogP contribution in [0.2, 0.25) is 0 Å². The van der Waals surface area contributed by atoms with E-state index in [9.17, 15) is 14.0 Å². The Hall–Kier alpha value is -3.49. The summed E-state index contributed by atoms with van der Waals surface area (Å²) in [6.07, 6.45) is -0.396. The molecule has 168 valence electrons. The molecule has 0 saturated carbocycles. The zero-order chi connectivity index (χ0) is 23.0. The largest absolute Gasteiger partial charge is 0.444 e. The smallest absolute Gasteiger partial charge is 0.410 e. The fourth-order valence-electron chi connectivity index (χ4n) is 3.66. The molecule has 1 aromatic carbocycles. The molecule has 1 aliphatic heterocycles. The van der Waals surface area contributed by atoms with E-state index < -0.39 is 17.5 Å². The molecule has 1 saturated heterocycles. The van der Waals surface area contributed by atoms with Gasteiger partial charge in [-0.2, -0.15) is 0 Å². The van der Waals surface area contributed by atoms with Crippen molar-refractivity contribution < 1.29 is 23.2 Å². The third kappa shape index (κ3) is 4.28. The Morgan fingerprint density at radius 1 is 1.09 bits per heavy atom. The lowest BCUT2D eigenvalue weighted by Crippen LogP contribution is -2.51. The van der Waals surface area contributed by atoms with Crippen LogP contribution in [0.4, 0.5) is 9.18 Å². The number of ether oxygens (including phenoxy) is 1. The predicted octanol–water partition coefficient (Wildman–Crippen LogP) is 4.03. The number of carbonyl (C=O) groups is 2. The second-order valence-electron chi connectivity index (χ2n) is 8.74. The molecule has 8 nitrogen and oxygen atoms in total. The minimum Gasteiger partial charge on any atom is -0.444 e. The van der Waals surface area contributed by atoms with Crippen molar-refractivity contribution in [2.45, 2.75) is 33.3 Å². The van der Waals surface area contributed by atoms with Gasteiger partial charge in [0.2, 0.25) is 0 Å². The van der Waals surface area contributed by atoms with Gasteiger partial charge in [0, 0.05) is 31.7 Å². The van der Waals surface area contributed by atoms with E-state index in [1.165, 1.54) is 6.07 Å². The summed E-state index contributed by atoms with van der Waals surface area (Å²) in [7, 11) is 0. The van der Waals surface area contributed by atoms with Crippen molar-refractivity contribution in [1.29, 1.82) is 0 Å². The molecule has 32 heavy (non-hydrogen) atoms. The summed E-state index contributed by atoms with van der Waals surface area (Å²) in [5.41, 5.74) is 1.04. The summed E-state index contributed by atoms with van der Waals surface area (Å²) >= 11 is 0. The van der Waals surface area contributed by atoms with E-state index in [1.807, 2.05) is 20.8 Å². The molecule has 2 amide bonds. The second kappa shape index (κ2) is 8.22. The lowest BCUT2D eigenvalue weighted by atomic mass is 10.0. The summed E-state index contributed by atoms with van der Waals surface area (Å²) in [6.45, 7) is 8.58. The average molecular weight is 440 g/mol. The molecule has 0 spiro atoms. The van der Waals surface area contributed by atoms with Gasteiger partial charge < -0.3 is 19.1 Å². The van der Waals surface area contributed by atoms with E-state index in [2.05, 4.69) is 10.1 Å². The molecule has 0 bridgehead atoms. The van der Waals surface area contributed by atoms with Gasteiger partial charge >= 0.3 is 6.09 Å². The molecule has 0 radical (unpaired) electrons. The molecule has 9 heteroatoms. The number of benzene rings is 1. The Balaban J connectivity index is 1.61. The number of rotatable bonds is 2. The molecule has 2 aromatic heterocycles. The van der Waals surface area contributed by atoms with Crippen LogP contribution in [0.15, 0.2) is 34.9 Å². The van der Waals surface area contributed by atoms with Crippen LogP contribution in [-0.2, 0) is 4.74 Å². The second-order valence-corrected chi connectivity index (χ2v) is 8.74. The van der Waals surface area contributed by atoms with Crippen molar-refractivity contribution in [3.05, 3.63) is 47.4 Å². The lowest BCUT2D eigenvalue weighted by molar-refractivity contribution is 0.0141. The van der Waals surface area contributed by atoms with Gasteiger partial charge in [0.25, 0.3) is 11.6 Å². The van der Waals surface area contributed by atoms with Crippen LogP contribution in [0, 0.1) is 12.7 Å². The number of pyridine rings is 1. The minimum absolute atomic E-state index is 0.180. The van der Waals surface area contributed by atoms with Gasteiger partial charge in [-0.25, -0.2) is 14.2 Å². The van der Waals surface area contributed by atoms with Crippen molar-refractivity contribution in [2.24, 2.45) is 0 Å². The SMILES string of the molecule is Cc1noc2nc(-c3ccccc3F)cc(C(=O)N3CCN(C(=O)OC(C)(C)C)CC3)c12. The maximum absolute atomic E-state index is 14.4. The van der Waals surface area contributed by atoms with Crippen molar-refractivity contribution in [2.75, 3.05) is 26.2 Å². The Morgan fingerprint density at radius 3 is 2.41 bits per heavy atom. The summed E-state index contributed by atoms with van der Waals surface area (Å²) in [4.78, 5) is 33.4. The maximum atomic E-state index is 14.4. The molecule has 3 aromatic rings. The minimum atomic E-state index is -0.582. The zero-order valence-corrected chi connectivity index (χ0v) is 18.5. The van der Waals surface area contributed by atoms with Crippen LogP contribution in [0.5, 0.6) is 0 Å². The van der Waals surface area contributed by atoms with Crippen LogP contribution in [0.3, 0.4) is 0 Å². The van der Waals surface area contributed by atoms with Crippen LogP contribution in [-0.4, -0.2) is 63.7 Å². The molecule has 3 heterocycles. The number of hydrogen-bond acceptors (Lipinski definition) is 6. The summed E-state index contributed by atoms with van der Waals surface area (Å²) in [5.74, 6) is -0.690. The van der Waals surface area contributed by atoms with E-state index in [1.54, 1.807) is 41.0 Å². The van der Waals surface area contributed by atoms with Gasteiger partial charge in [0.15, 0.2) is 0 Å². The molecule has 0 N–H and O–H groups in total. The van der Waals surface area contributed by atoms with Crippen LogP contribution in [0.25, 0.3) is 22.4 Å². The first-order chi connectivity index (χ1) is 15.1. The van der Waals surface area contributed by atoms with Gasteiger partial charge in [-0.3, -0.25) is 4.79 Å². The first-order valence-electron chi connectivity index (χ1n) is 10.4. The Bertz CT molecular complexity index is 1180. The van der Waals surface area contributed by atoms with Crippen molar-refractivity contribution >= 4 is 23.1 Å². The molecule has 0 atom stereocenters. The average Bonchev–Trinajstić information content (AvgIpc) is 3.12. The number of aryl methyl sites for hydroxylation is 1. The van der Waals surface area contributed by atoms with Crippen molar-refractivity contribution in [1.82, 2.24) is 19.9 Å². The number of piperazine rings is 1. The Kier molecular flexibility index (Phi) is 5.58. The van der Waals surface area contributed by atoms with E-state index in [0.29, 0.717) is 48.5 Å². The highest BCUT2D eigenvalue weighted by molar-refractivity contribution is 6.07. The Labute approximate surface area is 184 Å². The standard InChI is InChI=1S/C23H25FN4O4/c1-14-19-16(13-18(25-20(19)32-26-14)15-7-5-6-8-17(15)24)21(29)27-9-11-28(12-10-27)22(30)31-23(2,3)4/h5-8,13H,9-12H2,1-4H3. The van der Waals surface area contributed by atoms with Crippen molar-refractivity contribution in [3.8, 4) is 11.3 Å². The number of hydrogen-bond donors (Lipinski definition) is 0. The molecule has 0 unspecified atom stereocenters.